The van der Waals surface area contributed by atoms with E-state index in [1.165, 1.54) is 18.3 Å². The number of hydrogen-bond acceptors (Lipinski definition) is 4. The lowest BCUT2D eigenvalue weighted by Gasteiger charge is -2.34. The number of alkyl halides is 2. The van der Waals surface area contributed by atoms with Gasteiger partial charge in [0.25, 0.3) is 6.43 Å². The summed E-state index contributed by atoms with van der Waals surface area (Å²) in [6.45, 7) is 5.19. The fourth-order valence-corrected chi connectivity index (χ4v) is 2.72. The van der Waals surface area contributed by atoms with Crippen molar-refractivity contribution in [3.8, 4) is 0 Å². The van der Waals surface area contributed by atoms with Gasteiger partial charge in [0.2, 0.25) is 5.91 Å². The van der Waals surface area contributed by atoms with Crippen molar-refractivity contribution < 1.29 is 13.6 Å². The average Bonchev–Trinajstić information content (AvgIpc) is 3.07. The van der Waals surface area contributed by atoms with Crippen molar-refractivity contribution in [1.29, 1.82) is 0 Å². The number of nitrogens with zero attached hydrogens (tertiary/aromatic N) is 4. The molecule has 8 heteroatoms. The van der Waals surface area contributed by atoms with Gasteiger partial charge in [-0.25, -0.2) is 13.5 Å². The number of fused-ring (bicyclic) bond motifs is 1. The number of carbonyl (C=O) groups excluding carboxylic acids is 1. The van der Waals surface area contributed by atoms with Crippen LogP contribution in [0.1, 0.15) is 12.1 Å². The van der Waals surface area contributed by atoms with Crippen LogP contribution in [-0.2, 0) is 11.3 Å². The molecule has 3 heterocycles. The zero-order valence-corrected chi connectivity index (χ0v) is 12.9. The summed E-state index contributed by atoms with van der Waals surface area (Å²) >= 11 is 0. The van der Waals surface area contributed by atoms with Crippen molar-refractivity contribution in [2.24, 2.45) is 5.92 Å². The number of amides is 1. The van der Waals surface area contributed by atoms with Gasteiger partial charge in [-0.05, 0) is 18.2 Å². The largest absolute Gasteiger partial charge is 0.352 e. The molecule has 1 amide bonds. The molecule has 0 fully saturated rings. The van der Waals surface area contributed by atoms with Crippen molar-refractivity contribution in [2.75, 3.05) is 18.0 Å². The maximum Gasteiger partial charge on any atom is 0.280 e. The summed E-state index contributed by atoms with van der Waals surface area (Å²) in [5.74, 6) is 0.764. The van der Waals surface area contributed by atoms with Crippen LogP contribution in [0, 0.1) is 5.92 Å². The Kier molecular flexibility index (Phi) is 4.54. The molecule has 2 aromatic rings. The average molecular weight is 333 g/mol. The number of anilines is 2. The number of hydrogen-bond donors (Lipinski definition) is 1. The first kappa shape index (κ1) is 16.1. The molecule has 0 aliphatic carbocycles. The van der Waals surface area contributed by atoms with Crippen molar-refractivity contribution in [1.82, 2.24) is 20.1 Å². The van der Waals surface area contributed by atoms with Crippen LogP contribution < -0.4 is 10.2 Å². The van der Waals surface area contributed by atoms with Crippen molar-refractivity contribution in [3.63, 3.8) is 0 Å². The molecule has 1 atom stereocenters. The minimum Gasteiger partial charge on any atom is -0.352 e. The second-order valence-corrected chi connectivity index (χ2v) is 5.54. The first-order valence-electron chi connectivity index (χ1n) is 7.52. The highest BCUT2D eigenvalue weighted by molar-refractivity contribution is 5.86. The number of nitrogens with one attached hydrogen (secondary N) is 1. The smallest absolute Gasteiger partial charge is 0.280 e. The Balaban J connectivity index is 1.81. The molecular formula is C16H17F2N5O. The molecule has 0 aromatic carbocycles. The Morgan fingerprint density at radius 3 is 2.92 bits per heavy atom. The fraction of sp³-hybridized carbons (Fsp3) is 0.312. The van der Waals surface area contributed by atoms with Gasteiger partial charge in [0, 0.05) is 31.6 Å². The van der Waals surface area contributed by atoms with E-state index in [9.17, 15) is 13.6 Å². The molecule has 1 aliphatic rings. The zero-order valence-electron chi connectivity index (χ0n) is 12.9. The van der Waals surface area contributed by atoms with E-state index in [1.54, 1.807) is 12.3 Å². The summed E-state index contributed by atoms with van der Waals surface area (Å²) in [7, 11) is 0. The second kappa shape index (κ2) is 6.77. The molecule has 0 saturated heterocycles. The summed E-state index contributed by atoms with van der Waals surface area (Å²) in [6.07, 6.45) is 1.76. The van der Waals surface area contributed by atoms with E-state index in [0.717, 1.165) is 5.82 Å². The monoisotopic (exact) mass is 333 g/mol. The Morgan fingerprint density at radius 2 is 2.25 bits per heavy atom. The zero-order chi connectivity index (χ0) is 17.1. The van der Waals surface area contributed by atoms with Gasteiger partial charge < -0.3 is 10.2 Å². The summed E-state index contributed by atoms with van der Waals surface area (Å²) in [5, 5.41) is 7.06. The van der Waals surface area contributed by atoms with Crippen LogP contribution in [0.25, 0.3) is 0 Å². The molecule has 3 rings (SSSR count). The first-order chi connectivity index (χ1) is 11.6. The van der Waals surface area contributed by atoms with Crippen LogP contribution in [0.3, 0.4) is 0 Å². The van der Waals surface area contributed by atoms with Gasteiger partial charge in [0.05, 0.1) is 18.1 Å². The highest BCUT2D eigenvalue weighted by Gasteiger charge is 2.26. The molecule has 24 heavy (non-hydrogen) atoms. The number of carbonyl (C=O) groups is 1. The molecule has 0 saturated carbocycles. The lowest BCUT2D eigenvalue weighted by Crippen LogP contribution is -2.41. The third-order valence-corrected chi connectivity index (χ3v) is 3.90. The molecule has 1 N–H and O–H groups in total. The summed E-state index contributed by atoms with van der Waals surface area (Å²) in [4.78, 5) is 17.1. The van der Waals surface area contributed by atoms with E-state index in [2.05, 4.69) is 22.0 Å². The standard InChI is InChI=1S/C16H17F2N5O/c1-2-14(24)20-7-11-9-22(15-5-6-21-23(15)10-11)12-3-4-13(16(17)18)19-8-12/h2-6,8,11,16H,1,7,9-10H2,(H,20,24)/t11-/m0/s1. The quantitative estimate of drug-likeness (QED) is 0.853. The van der Waals surface area contributed by atoms with Gasteiger partial charge in [-0.2, -0.15) is 5.10 Å². The summed E-state index contributed by atoms with van der Waals surface area (Å²) in [6, 6.07) is 4.81. The number of rotatable bonds is 5. The molecule has 1 aliphatic heterocycles. The molecule has 0 spiro atoms. The van der Waals surface area contributed by atoms with Crippen LogP contribution in [0.2, 0.25) is 0 Å². The van der Waals surface area contributed by atoms with Crippen LogP contribution in [0.4, 0.5) is 20.3 Å². The Labute approximate surface area is 137 Å². The molecule has 126 valence electrons. The molecule has 0 radical (unpaired) electrons. The summed E-state index contributed by atoms with van der Waals surface area (Å²) < 4.78 is 27.2. The van der Waals surface area contributed by atoms with Gasteiger partial charge in [0.15, 0.2) is 0 Å². The molecule has 0 bridgehead atoms. The van der Waals surface area contributed by atoms with Gasteiger partial charge >= 0.3 is 0 Å². The van der Waals surface area contributed by atoms with Crippen molar-refractivity contribution in [3.05, 3.63) is 48.9 Å². The highest BCUT2D eigenvalue weighted by atomic mass is 19.3. The van der Waals surface area contributed by atoms with Crippen LogP contribution in [0.5, 0.6) is 0 Å². The van der Waals surface area contributed by atoms with Gasteiger partial charge in [-0.15, -0.1) is 0 Å². The van der Waals surface area contributed by atoms with Gasteiger partial charge in [-0.1, -0.05) is 6.58 Å². The maximum absolute atomic E-state index is 12.7. The van der Waals surface area contributed by atoms with E-state index in [-0.39, 0.29) is 17.5 Å². The van der Waals surface area contributed by atoms with E-state index in [4.69, 9.17) is 0 Å². The Bertz CT molecular complexity index is 728. The SMILES string of the molecule is C=CC(=O)NC[C@H]1CN(c2ccc(C(F)F)nc2)c2ccnn2C1. The second-order valence-electron chi connectivity index (χ2n) is 5.54. The number of pyridine rings is 1. The fourth-order valence-electron chi connectivity index (χ4n) is 2.72. The number of aromatic nitrogens is 3. The molecule has 2 aromatic heterocycles. The Hall–Kier alpha value is -2.77. The van der Waals surface area contributed by atoms with E-state index in [1.807, 2.05) is 15.6 Å². The summed E-state index contributed by atoms with van der Waals surface area (Å²) in [5.41, 5.74) is 0.458. The molecule has 0 unspecified atom stereocenters. The number of halogens is 2. The lowest BCUT2D eigenvalue weighted by molar-refractivity contribution is -0.116. The molecule has 6 nitrogen and oxygen atoms in total. The Morgan fingerprint density at radius 1 is 1.42 bits per heavy atom. The van der Waals surface area contributed by atoms with Crippen LogP contribution >= 0.6 is 0 Å². The van der Waals surface area contributed by atoms with E-state index < -0.39 is 6.43 Å². The third-order valence-electron chi connectivity index (χ3n) is 3.90. The predicted molar refractivity (Wildman–Crippen MR) is 85.1 cm³/mol. The van der Waals surface area contributed by atoms with E-state index in [0.29, 0.717) is 25.3 Å². The molecular weight excluding hydrogens is 316 g/mol. The minimum atomic E-state index is -2.59. The topological polar surface area (TPSA) is 63.1 Å². The predicted octanol–water partition coefficient (Wildman–Crippen LogP) is 2.29. The van der Waals surface area contributed by atoms with Crippen LogP contribution in [0.15, 0.2) is 43.2 Å². The van der Waals surface area contributed by atoms with Crippen molar-refractivity contribution in [2.45, 2.75) is 13.0 Å². The van der Waals surface area contributed by atoms with Crippen LogP contribution in [-0.4, -0.2) is 33.8 Å². The highest BCUT2D eigenvalue weighted by Crippen LogP contribution is 2.31. The maximum atomic E-state index is 12.7. The van der Waals surface area contributed by atoms with Gasteiger partial charge in [-0.3, -0.25) is 9.78 Å². The van der Waals surface area contributed by atoms with Crippen molar-refractivity contribution >= 4 is 17.4 Å². The minimum absolute atomic E-state index is 0.121. The first-order valence-corrected chi connectivity index (χ1v) is 7.52. The third kappa shape index (κ3) is 3.27. The van der Waals surface area contributed by atoms with Gasteiger partial charge in [0.1, 0.15) is 11.5 Å². The van der Waals surface area contributed by atoms with E-state index >= 15 is 0 Å². The lowest BCUT2D eigenvalue weighted by atomic mass is 10.1. The normalized spacial score (nSPS) is 16.8.